The molecule has 108 valence electrons. The van der Waals surface area contributed by atoms with Gasteiger partial charge in [-0.1, -0.05) is 11.8 Å². The fourth-order valence-electron chi connectivity index (χ4n) is 2.08. The molecule has 0 radical (unpaired) electrons. The van der Waals surface area contributed by atoms with Crippen molar-refractivity contribution in [3.05, 3.63) is 18.3 Å². The van der Waals surface area contributed by atoms with Gasteiger partial charge in [0.05, 0.1) is 28.6 Å². The molecule has 2 heterocycles. The molecular weight excluding hydrogens is 278 g/mol. The van der Waals surface area contributed by atoms with Crippen molar-refractivity contribution in [2.24, 2.45) is 5.92 Å². The van der Waals surface area contributed by atoms with Crippen molar-refractivity contribution in [2.75, 3.05) is 24.6 Å². The van der Waals surface area contributed by atoms with Crippen molar-refractivity contribution in [3.63, 3.8) is 0 Å². The van der Waals surface area contributed by atoms with Crippen molar-refractivity contribution in [1.29, 1.82) is 0 Å². The maximum Gasteiger partial charge on any atom is 0.306 e. The number of thioether (sulfide) groups is 1. The number of carbonyl (C=O) groups excluding carboxylic acids is 1. The van der Waals surface area contributed by atoms with Gasteiger partial charge >= 0.3 is 5.97 Å². The first kappa shape index (κ1) is 14.6. The van der Waals surface area contributed by atoms with Gasteiger partial charge in [0.1, 0.15) is 0 Å². The average Bonchev–Trinajstić information content (AvgIpc) is 2.46. The number of nitrogens with two attached hydrogens (primary N) is 1. The molecule has 1 aliphatic heterocycles. The number of aromatic nitrogens is 1. The van der Waals surface area contributed by atoms with E-state index < -0.39 is 5.97 Å². The number of piperidine rings is 1. The summed E-state index contributed by atoms with van der Waals surface area (Å²) in [6, 6.07) is 3.53. The molecule has 2 rings (SSSR count). The van der Waals surface area contributed by atoms with E-state index in [0.29, 0.717) is 37.4 Å². The third-order valence-electron chi connectivity index (χ3n) is 3.30. The number of likely N-dealkylation sites (tertiary alicyclic amines) is 1. The van der Waals surface area contributed by atoms with Crippen molar-refractivity contribution < 1.29 is 14.7 Å². The normalized spacial score (nSPS) is 16.1. The van der Waals surface area contributed by atoms with Gasteiger partial charge in [0.15, 0.2) is 0 Å². The highest BCUT2D eigenvalue weighted by molar-refractivity contribution is 7.99. The van der Waals surface area contributed by atoms with E-state index in [1.54, 1.807) is 23.2 Å². The number of carbonyl (C=O) groups is 2. The molecule has 0 unspecified atom stereocenters. The second kappa shape index (κ2) is 6.60. The zero-order valence-corrected chi connectivity index (χ0v) is 11.8. The van der Waals surface area contributed by atoms with Gasteiger partial charge in [-0.25, -0.2) is 4.98 Å². The summed E-state index contributed by atoms with van der Waals surface area (Å²) < 4.78 is 0. The SMILES string of the molecule is Nc1ccc(SCC(=O)N2CCC(C(=O)O)CC2)nc1. The number of nitrogens with zero attached hydrogens (tertiary/aromatic N) is 2. The van der Waals surface area contributed by atoms with Crippen LogP contribution in [-0.2, 0) is 9.59 Å². The largest absolute Gasteiger partial charge is 0.481 e. The minimum atomic E-state index is -0.766. The Morgan fingerprint density at radius 2 is 2.10 bits per heavy atom. The third-order valence-corrected chi connectivity index (χ3v) is 4.23. The summed E-state index contributed by atoms with van der Waals surface area (Å²) in [5.41, 5.74) is 6.14. The Bertz CT molecular complexity index is 484. The highest BCUT2D eigenvalue weighted by atomic mass is 32.2. The molecule has 0 saturated carbocycles. The van der Waals surface area contributed by atoms with E-state index in [9.17, 15) is 9.59 Å². The molecule has 1 aromatic rings. The van der Waals surface area contributed by atoms with Crippen LogP contribution in [0.1, 0.15) is 12.8 Å². The molecule has 0 bridgehead atoms. The molecule has 0 atom stereocenters. The van der Waals surface area contributed by atoms with E-state index >= 15 is 0 Å². The van der Waals surface area contributed by atoms with E-state index in [0.717, 1.165) is 5.03 Å². The molecular formula is C13H17N3O3S. The van der Waals surface area contributed by atoms with Crippen molar-refractivity contribution in [3.8, 4) is 0 Å². The number of rotatable bonds is 4. The summed E-state index contributed by atoms with van der Waals surface area (Å²) in [4.78, 5) is 28.7. The third kappa shape index (κ3) is 3.86. The monoisotopic (exact) mass is 295 g/mol. The molecule has 1 aromatic heterocycles. The van der Waals surface area contributed by atoms with Crippen LogP contribution < -0.4 is 5.73 Å². The van der Waals surface area contributed by atoms with Crippen molar-refractivity contribution in [1.82, 2.24) is 9.88 Å². The number of hydrogen-bond donors (Lipinski definition) is 2. The van der Waals surface area contributed by atoms with Crippen LogP contribution in [0.3, 0.4) is 0 Å². The number of aliphatic carboxylic acids is 1. The van der Waals surface area contributed by atoms with Gasteiger partial charge < -0.3 is 15.7 Å². The number of carboxylic acid groups (broad SMARTS) is 1. The minimum absolute atomic E-state index is 0.0254. The van der Waals surface area contributed by atoms with Crippen LogP contribution in [0.4, 0.5) is 5.69 Å². The van der Waals surface area contributed by atoms with Crippen molar-refractivity contribution in [2.45, 2.75) is 17.9 Å². The van der Waals surface area contributed by atoms with Gasteiger partial charge in [-0.3, -0.25) is 9.59 Å². The second-order valence-corrected chi connectivity index (χ2v) is 5.71. The number of pyridine rings is 1. The molecule has 1 fully saturated rings. The lowest BCUT2D eigenvalue weighted by molar-refractivity contribution is -0.145. The Kier molecular flexibility index (Phi) is 4.84. The second-order valence-electron chi connectivity index (χ2n) is 4.71. The van der Waals surface area contributed by atoms with E-state index in [4.69, 9.17) is 10.8 Å². The Morgan fingerprint density at radius 1 is 1.40 bits per heavy atom. The van der Waals surface area contributed by atoms with E-state index in [1.165, 1.54) is 11.8 Å². The Hall–Kier alpha value is -1.76. The molecule has 3 N–H and O–H groups in total. The first-order valence-corrected chi connectivity index (χ1v) is 7.39. The molecule has 1 amide bonds. The number of hydrogen-bond acceptors (Lipinski definition) is 5. The van der Waals surface area contributed by atoms with E-state index in [2.05, 4.69) is 4.98 Å². The highest BCUT2D eigenvalue weighted by Crippen LogP contribution is 2.20. The van der Waals surface area contributed by atoms with Gasteiger partial charge in [0, 0.05) is 13.1 Å². The maximum absolute atomic E-state index is 12.0. The zero-order chi connectivity index (χ0) is 14.5. The average molecular weight is 295 g/mol. The molecule has 0 aliphatic carbocycles. The zero-order valence-electron chi connectivity index (χ0n) is 11.0. The van der Waals surface area contributed by atoms with Gasteiger partial charge in [-0.15, -0.1) is 0 Å². The quantitative estimate of drug-likeness (QED) is 0.807. The van der Waals surface area contributed by atoms with Crippen LogP contribution in [-0.4, -0.2) is 45.7 Å². The Balaban J connectivity index is 1.78. The standard InChI is InChI=1S/C13H17N3O3S/c14-10-1-2-11(15-7-10)20-8-12(17)16-5-3-9(4-6-16)13(18)19/h1-2,7,9H,3-6,8,14H2,(H,18,19). The summed E-state index contributed by atoms with van der Waals surface area (Å²) in [5, 5.41) is 9.67. The van der Waals surface area contributed by atoms with Crippen LogP contribution in [0.2, 0.25) is 0 Å². The summed E-state index contributed by atoms with van der Waals surface area (Å²) in [6.07, 6.45) is 2.63. The van der Waals surface area contributed by atoms with Crippen LogP contribution in [0, 0.1) is 5.92 Å². The van der Waals surface area contributed by atoms with Gasteiger partial charge in [-0.05, 0) is 25.0 Å². The molecule has 20 heavy (non-hydrogen) atoms. The fourth-order valence-corrected chi connectivity index (χ4v) is 2.83. The van der Waals surface area contributed by atoms with Crippen LogP contribution in [0.15, 0.2) is 23.4 Å². The van der Waals surface area contributed by atoms with Gasteiger partial charge in [-0.2, -0.15) is 0 Å². The lowest BCUT2D eigenvalue weighted by Gasteiger charge is -2.30. The summed E-state index contributed by atoms with van der Waals surface area (Å²) >= 11 is 1.36. The first-order valence-electron chi connectivity index (χ1n) is 6.41. The Morgan fingerprint density at radius 3 is 2.65 bits per heavy atom. The highest BCUT2D eigenvalue weighted by Gasteiger charge is 2.26. The van der Waals surface area contributed by atoms with Crippen molar-refractivity contribution >= 4 is 29.3 Å². The van der Waals surface area contributed by atoms with Crippen LogP contribution in [0.25, 0.3) is 0 Å². The lowest BCUT2D eigenvalue weighted by atomic mass is 9.97. The molecule has 6 nitrogen and oxygen atoms in total. The van der Waals surface area contributed by atoms with Gasteiger partial charge in [0.25, 0.3) is 0 Å². The summed E-state index contributed by atoms with van der Waals surface area (Å²) in [6.45, 7) is 1.04. The van der Waals surface area contributed by atoms with E-state index in [-0.39, 0.29) is 11.8 Å². The molecule has 1 saturated heterocycles. The number of nitrogen functional groups attached to an aromatic ring is 1. The molecule has 0 aromatic carbocycles. The first-order chi connectivity index (χ1) is 9.56. The predicted molar refractivity (Wildman–Crippen MR) is 76.3 cm³/mol. The number of carboxylic acids is 1. The molecule has 0 spiro atoms. The summed E-state index contributed by atoms with van der Waals surface area (Å²) in [5.74, 6) is -0.741. The molecule has 7 heteroatoms. The van der Waals surface area contributed by atoms with E-state index in [1.807, 2.05) is 0 Å². The van der Waals surface area contributed by atoms with Crippen LogP contribution >= 0.6 is 11.8 Å². The van der Waals surface area contributed by atoms with Gasteiger partial charge in [0.2, 0.25) is 5.91 Å². The minimum Gasteiger partial charge on any atom is -0.481 e. The number of anilines is 1. The Labute approximate surface area is 121 Å². The fraction of sp³-hybridized carbons (Fsp3) is 0.462. The molecule has 1 aliphatic rings. The maximum atomic E-state index is 12.0. The predicted octanol–water partition coefficient (Wildman–Crippen LogP) is 1.08. The topological polar surface area (TPSA) is 96.5 Å². The number of amides is 1. The summed E-state index contributed by atoms with van der Waals surface area (Å²) in [7, 11) is 0. The van der Waals surface area contributed by atoms with Crippen LogP contribution in [0.5, 0.6) is 0 Å². The lowest BCUT2D eigenvalue weighted by Crippen LogP contribution is -2.41. The smallest absolute Gasteiger partial charge is 0.306 e.